The summed E-state index contributed by atoms with van der Waals surface area (Å²) in [5.41, 5.74) is 1.85. The molecule has 0 spiro atoms. The molecule has 0 radical (unpaired) electrons. The average molecular weight is 277 g/mol. The summed E-state index contributed by atoms with van der Waals surface area (Å²) in [6.45, 7) is 4.78. The van der Waals surface area contributed by atoms with Crippen LogP contribution in [0.3, 0.4) is 0 Å². The minimum atomic E-state index is 0.0540. The maximum Gasteiger partial charge on any atom is 0.254 e. The molecule has 1 atom stereocenters. The van der Waals surface area contributed by atoms with Crippen LogP contribution in [0.15, 0.2) is 4.79 Å². The zero-order valence-electron chi connectivity index (χ0n) is 12.3. The second kappa shape index (κ2) is 5.63. The summed E-state index contributed by atoms with van der Waals surface area (Å²) in [6.07, 6.45) is 1.59. The van der Waals surface area contributed by atoms with Crippen LogP contribution in [0, 0.1) is 0 Å². The number of H-pyrrole nitrogens is 1. The molecule has 6 nitrogen and oxygen atoms in total. The van der Waals surface area contributed by atoms with Gasteiger partial charge in [0, 0.05) is 44.2 Å². The Labute approximate surface area is 119 Å². The molecule has 1 saturated heterocycles. The van der Waals surface area contributed by atoms with Gasteiger partial charge in [-0.3, -0.25) is 4.79 Å². The fourth-order valence-electron chi connectivity index (χ4n) is 3.06. The van der Waals surface area contributed by atoms with Crippen LogP contribution in [0.5, 0.6) is 0 Å². The molecule has 2 aliphatic rings. The smallest absolute Gasteiger partial charge is 0.254 e. The van der Waals surface area contributed by atoms with Gasteiger partial charge in [-0.05, 0) is 27.1 Å². The summed E-state index contributed by atoms with van der Waals surface area (Å²) in [7, 11) is 4.29. The van der Waals surface area contributed by atoms with E-state index < -0.39 is 0 Å². The number of rotatable bonds is 2. The Morgan fingerprint density at radius 2 is 2.20 bits per heavy atom. The van der Waals surface area contributed by atoms with Crippen molar-refractivity contribution in [3.63, 3.8) is 0 Å². The molecule has 1 aromatic heterocycles. The van der Waals surface area contributed by atoms with E-state index in [2.05, 4.69) is 39.2 Å². The predicted octanol–water partition coefficient (Wildman–Crippen LogP) is -0.796. The summed E-state index contributed by atoms with van der Waals surface area (Å²) in [5, 5.41) is 3.28. The Morgan fingerprint density at radius 1 is 1.35 bits per heavy atom. The maximum atomic E-state index is 12.1. The van der Waals surface area contributed by atoms with Crippen molar-refractivity contribution in [1.29, 1.82) is 0 Å². The van der Waals surface area contributed by atoms with Gasteiger partial charge in [-0.1, -0.05) is 0 Å². The van der Waals surface area contributed by atoms with Gasteiger partial charge in [0.1, 0.15) is 5.82 Å². The minimum Gasteiger partial charge on any atom is -0.311 e. The van der Waals surface area contributed by atoms with Crippen molar-refractivity contribution in [3.8, 4) is 0 Å². The number of hydrogen-bond acceptors (Lipinski definition) is 5. The monoisotopic (exact) mass is 277 g/mol. The first-order chi connectivity index (χ1) is 9.63. The van der Waals surface area contributed by atoms with Crippen LogP contribution < -0.4 is 10.9 Å². The molecular weight excluding hydrogens is 254 g/mol. The molecule has 2 N–H and O–H groups in total. The van der Waals surface area contributed by atoms with Crippen LogP contribution in [0.2, 0.25) is 0 Å². The summed E-state index contributed by atoms with van der Waals surface area (Å²) < 4.78 is 0. The van der Waals surface area contributed by atoms with E-state index in [1.54, 1.807) is 0 Å². The molecule has 1 unspecified atom stereocenters. The molecule has 0 amide bonds. The summed E-state index contributed by atoms with van der Waals surface area (Å²) in [4.78, 5) is 24.5. The molecule has 6 heteroatoms. The van der Waals surface area contributed by atoms with E-state index in [1.807, 2.05) is 0 Å². The Hall–Kier alpha value is -1.24. The van der Waals surface area contributed by atoms with Gasteiger partial charge in [0.15, 0.2) is 0 Å². The van der Waals surface area contributed by atoms with Gasteiger partial charge < -0.3 is 20.1 Å². The third-order valence-electron chi connectivity index (χ3n) is 4.40. The summed E-state index contributed by atoms with van der Waals surface area (Å²) >= 11 is 0. The van der Waals surface area contributed by atoms with Crippen LogP contribution >= 0.6 is 0 Å². The van der Waals surface area contributed by atoms with Crippen molar-refractivity contribution in [2.45, 2.75) is 25.4 Å². The van der Waals surface area contributed by atoms with Crippen LogP contribution in [-0.4, -0.2) is 66.1 Å². The van der Waals surface area contributed by atoms with E-state index >= 15 is 0 Å². The van der Waals surface area contributed by atoms with E-state index in [4.69, 9.17) is 0 Å². The molecule has 2 aliphatic heterocycles. The molecule has 3 rings (SSSR count). The second-order valence-corrected chi connectivity index (χ2v) is 5.97. The average Bonchev–Trinajstić information content (AvgIpc) is 2.43. The third kappa shape index (κ3) is 2.77. The Balaban J connectivity index is 1.80. The van der Waals surface area contributed by atoms with Crippen LogP contribution in [0.1, 0.15) is 17.1 Å². The van der Waals surface area contributed by atoms with Crippen molar-refractivity contribution in [1.82, 2.24) is 25.1 Å². The lowest BCUT2D eigenvalue weighted by Gasteiger charge is -2.37. The second-order valence-electron chi connectivity index (χ2n) is 5.97. The molecule has 0 aromatic carbocycles. The van der Waals surface area contributed by atoms with Gasteiger partial charge in [-0.15, -0.1) is 0 Å². The summed E-state index contributed by atoms with van der Waals surface area (Å²) in [5.74, 6) is 0.824. The zero-order valence-corrected chi connectivity index (χ0v) is 12.3. The largest absolute Gasteiger partial charge is 0.311 e. The number of fused-ring (bicyclic) bond motifs is 1. The van der Waals surface area contributed by atoms with Gasteiger partial charge >= 0.3 is 0 Å². The van der Waals surface area contributed by atoms with Gasteiger partial charge in [-0.2, -0.15) is 0 Å². The van der Waals surface area contributed by atoms with Crippen molar-refractivity contribution in [3.05, 3.63) is 27.4 Å². The Kier molecular flexibility index (Phi) is 3.87. The first kappa shape index (κ1) is 13.7. The molecule has 0 bridgehead atoms. The third-order valence-corrected chi connectivity index (χ3v) is 4.40. The summed E-state index contributed by atoms with van der Waals surface area (Å²) in [6, 6.07) is 0.423. The topological polar surface area (TPSA) is 64.3 Å². The molecule has 3 heterocycles. The first-order valence-electron chi connectivity index (χ1n) is 7.34. The van der Waals surface area contributed by atoms with Crippen LogP contribution in [0.4, 0.5) is 0 Å². The van der Waals surface area contributed by atoms with Gasteiger partial charge in [0.2, 0.25) is 0 Å². The number of aromatic nitrogens is 2. The quantitative estimate of drug-likeness (QED) is 0.741. The highest BCUT2D eigenvalue weighted by atomic mass is 16.1. The number of nitrogens with zero attached hydrogens (tertiary/aromatic N) is 3. The number of nitrogens with one attached hydrogen (secondary N) is 2. The van der Waals surface area contributed by atoms with Crippen LogP contribution in [0.25, 0.3) is 0 Å². The molecular formula is C14H23N5O. The zero-order chi connectivity index (χ0) is 14.1. The highest BCUT2D eigenvalue weighted by molar-refractivity contribution is 5.20. The van der Waals surface area contributed by atoms with Crippen molar-refractivity contribution in [2.24, 2.45) is 0 Å². The molecule has 0 saturated carbocycles. The molecule has 0 aliphatic carbocycles. The highest BCUT2D eigenvalue weighted by Crippen LogP contribution is 2.12. The normalized spacial score (nSPS) is 24.6. The fraction of sp³-hybridized carbons (Fsp3) is 0.714. The fourth-order valence-corrected chi connectivity index (χ4v) is 3.06. The first-order valence-corrected chi connectivity index (χ1v) is 7.34. The van der Waals surface area contributed by atoms with Crippen molar-refractivity contribution < 1.29 is 0 Å². The van der Waals surface area contributed by atoms with E-state index in [1.165, 1.54) is 0 Å². The van der Waals surface area contributed by atoms with Gasteiger partial charge in [0.25, 0.3) is 5.56 Å². The van der Waals surface area contributed by atoms with E-state index in [0.29, 0.717) is 12.6 Å². The lowest BCUT2D eigenvalue weighted by Crippen LogP contribution is -2.51. The van der Waals surface area contributed by atoms with E-state index in [-0.39, 0.29) is 5.56 Å². The molecule has 110 valence electrons. The van der Waals surface area contributed by atoms with Crippen molar-refractivity contribution in [2.75, 3.05) is 40.3 Å². The van der Waals surface area contributed by atoms with E-state index in [0.717, 1.165) is 56.1 Å². The van der Waals surface area contributed by atoms with Crippen molar-refractivity contribution >= 4 is 0 Å². The molecule has 1 fully saturated rings. The highest BCUT2D eigenvalue weighted by Gasteiger charge is 2.24. The minimum absolute atomic E-state index is 0.0540. The lowest BCUT2D eigenvalue weighted by molar-refractivity contribution is 0.113. The number of piperazine rings is 1. The Bertz CT molecular complexity index is 541. The van der Waals surface area contributed by atoms with Gasteiger partial charge in [0.05, 0.1) is 5.69 Å². The lowest BCUT2D eigenvalue weighted by atomic mass is 10.1. The van der Waals surface area contributed by atoms with Crippen LogP contribution in [-0.2, 0) is 19.4 Å². The maximum absolute atomic E-state index is 12.1. The SMILES string of the molecule is CN1CCN(C)C(Cc2nc3c(c(=O)[nH]2)CCNC3)C1. The van der Waals surface area contributed by atoms with Gasteiger partial charge in [-0.25, -0.2) is 4.98 Å². The standard InChI is InChI=1S/C14H23N5O/c1-18-5-6-19(2)10(9-18)7-13-16-12-8-15-4-3-11(12)14(20)17-13/h10,15H,3-9H2,1-2H3,(H,16,17,20). The van der Waals surface area contributed by atoms with E-state index in [9.17, 15) is 4.79 Å². The Morgan fingerprint density at radius 3 is 3.05 bits per heavy atom. The number of aromatic amines is 1. The molecule has 1 aromatic rings. The predicted molar refractivity (Wildman–Crippen MR) is 77.9 cm³/mol. The number of likely N-dealkylation sites (N-methyl/N-ethyl adjacent to an activating group) is 2. The number of hydrogen-bond donors (Lipinski definition) is 2. The molecule has 20 heavy (non-hydrogen) atoms.